The van der Waals surface area contributed by atoms with Gasteiger partial charge in [0.15, 0.2) is 11.0 Å². The molecule has 0 spiro atoms. The summed E-state index contributed by atoms with van der Waals surface area (Å²) in [7, 11) is 3.04. The zero-order valence-electron chi connectivity index (χ0n) is 24.9. The Bertz CT molecular complexity index is 1720. The van der Waals surface area contributed by atoms with Gasteiger partial charge in [-0.05, 0) is 55.0 Å². The average Bonchev–Trinajstić information content (AvgIpc) is 3.49. The summed E-state index contributed by atoms with van der Waals surface area (Å²) in [5.74, 6) is 3.50. The predicted octanol–water partition coefficient (Wildman–Crippen LogP) is 6.57. The number of halogens is 3. The van der Waals surface area contributed by atoms with E-state index in [1.165, 1.54) is 54.1 Å². The number of amidine groups is 1. The number of nitrogens with one attached hydrogen (secondary N) is 2. The molecular weight excluding hydrogens is 625 g/mol. The van der Waals surface area contributed by atoms with Crippen LogP contribution in [0.15, 0.2) is 72.0 Å². The highest BCUT2D eigenvalue weighted by Crippen LogP contribution is 2.30. The maximum absolute atomic E-state index is 12.9. The van der Waals surface area contributed by atoms with Crippen LogP contribution in [-0.4, -0.2) is 52.3 Å². The summed E-state index contributed by atoms with van der Waals surface area (Å²) in [5, 5.41) is 10.5. The van der Waals surface area contributed by atoms with E-state index in [0.717, 1.165) is 16.8 Å². The lowest BCUT2D eigenvalue weighted by molar-refractivity contribution is -0.274. The summed E-state index contributed by atoms with van der Waals surface area (Å²) in [5.41, 5.74) is 3.46. The van der Waals surface area contributed by atoms with E-state index < -0.39 is 12.4 Å². The van der Waals surface area contributed by atoms with E-state index in [9.17, 15) is 18.0 Å². The molecule has 0 bridgehead atoms. The summed E-state index contributed by atoms with van der Waals surface area (Å²) in [4.78, 5) is 21.3. The zero-order valence-corrected chi connectivity index (χ0v) is 25.7. The standard InChI is InChI=1S/C31H29F3N6O5S/c1-5-14-46-30(37-26-15-20(2)6-7-21(26)17-42-3)38-29(41)36-25-13-12-24(16-27(25)43-4)44-18-28-35-19-40(39-28)22-8-10-23(11-9-22)45-31(32,33)34/h1,6-13,15-16,19H,14,17-18H2,2-4H3,(H2,36,37,38,41). The normalized spacial score (nSPS) is 11.5. The average molecular weight is 655 g/mol. The van der Waals surface area contributed by atoms with Gasteiger partial charge in [-0.2, -0.15) is 4.99 Å². The minimum Gasteiger partial charge on any atom is -0.494 e. The first kappa shape index (κ1) is 33.7. The molecule has 1 heterocycles. The van der Waals surface area contributed by atoms with Crippen LogP contribution in [0.3, 0.4) is 0 Å². The summed E-state index contributed by atoms with van der Waals surface area (Å²) in [6.07, 6.45) is 2.07. The number of urea groups is 1. The van der Waals surface area contributed by atoms with Crippen molar-refractivity contribution in [1.29, 1.82) is 0 Å². The van der Waals surface area contributed by atoms with E-state index in [4.69, 9.17) is 20.6 Å². The van der Waals surface area contributed by atoms with Crippen molar-refractivity contribution in [2.45, 2.75) is 26.5 Å². The number of anilines is 2. The Kier molecular flexibility index (Phi) is 11.5. The minimum absolute atomic E-state index is 0.0210. The summed E-state index contributed by atoms with van der Waals surface area (Å²) < 4.78 is 59.0. The maximum Gasteiger partial charge on any atom is 0.573 e. The van der Waals surface area contributed by atoms with Gasteiger partial charge in [-0.1, -0.05) is 29.8 Å². The predicted molar refractivity (Wildman–Crippen MR) is 169 cm³/mol. The molecule has 3 aromatic carbocycles. The van der Waals surface area contributed by atoms with Gasteiger partial charge in [0, 0.05) is 24.4 Å². The minimum atomic E-state index is -4.78. The van der Waals surface area contributed by atoms with Gasteiger partial charge < -0.3 is 29.6 Å². The fourth-order valence-electron chi connectivity index (χ4n) is 3.95. The van der Waals surface area contributed by atoms with Crippen LogP contribution in [-0.2, 0) is 18.0 Å². The van der Waals surface area contributed by atoms with Crippen molar-refractivity contribution < 1.29 is 36.9 Å². The van der Waals surface area contributed by atoms with Gasteiger partial charge >= 0.3 is 12.4 Å². The molecule has 4 rings (SSSR count). The molecule has 46 heavy (non-hydrogen) atoms. The number of alkyl halides is 3. The fraction of sp³-hybridized carbons (Fsp3) is 0.226. The number of amides is 2. The maximum atomic E-state index is 12.9. The summed E-state index contributed by atoms with van der Waals surface area (Å²) in [6.45, 7) is 2.29. The molecule has 240 valence electrons. The molecule has 1 aromatic heterocycles. The molecule has 0 aliphatic heterocycles. The van der Waals surface area contributed by atoms with Crippen LogP contribution in [0, 0.1) is 19.3 Å². The van der Waals surface area contributed by atoms with Gasteiger partial charge in [-0.15, -0.1) is 24.7 Å². The number of carbonyl (C=O) groups excluding carboxylic acids is 1. The highest BCUT2D eigenvalue weighted by atomic mass is 32.2. The third-order valence-corrected chi connectivity index (χ3v) is 6.74. The number of benzene rings is 3. The van der Waals surface area contributed by atoms with E-state index in [2.05, 4.69) is 36.4 Å². The second-order valence-electron chi connectivity index (χ2n) is 9.36. The van der Waals surface area contributed by atoms with E-state index in [0.29, 0.717) is 40.5 Å². The number of nitrogens with zero attached hydrogens (tertiary/aromatic N) is 4. The molecule has 0 aliphatic rings. The first-order chi connectivity index (χ1) is 22.1. The van der Waals surface area contributed by atoms with E-state index in [1.807, 2.05) is 25.1 Å². The zero-order chi connectivity index (χ0) is 33.1. The Morgan fingerprint density at radius 2 is 1.78 bits per heavy atom. The van der Waals surface area contributed by atoms with Crippen LogP contribution in [0.5, 0.6) is 17.2 Å². The first-order valence-electron chi connectivity index (χ1n) is 13.5. The Morgan fingerprint density at radius 3 is 2.48 bits per heavy atom. The van der Waals surface area contributed by atoms with E-state index in [-0.39, 0.29) is 18.1 Å². The quantitative estimate of drug-likeness (QED) is 0.105. The molecule has 0 saturated heterocycles. The van der Waals surface area contributed by atoms with Crippen LogP contribution < -0.4 is 24.8 Å². The number of ether oxygens (including phenoxy) is 4. The summed E-state index contributed by atoms with van der Waals surface area (Å²) in [6, 6.07) is 15.1. The molecule has 0 saturated carbocycles. The van der Waals surface area contributed by atoms with Crippen molar-refractivity contribution in [3.05, 3.63) is 83.9 Å². The molecule has 0 radical (unpaired) electrons. The number of aliphatic imine (C=N–C) groups is 1. The molecule has 2 amide bonds. The third-order valence-electron chi connectivity index (χ3n) is 5.96. The number of aryl methyl sites for hydroxylation is 1. The molecule has 0 fully saturated rings. The number of carbonyl (C=O) groups is 1. The number of thioether (sulfide) groups is 1. The molecule has 0 unspecified atom stereocenters. The molecule has 2 N–H and O–H groups in total. The van der Waals surface area contributed by atoms with Crippen molar-refractivity contribution in [2.24, 2.45) is 4.99 Å². The Balaban J connectivity index is 1.40. The topological polar surface area (TPSA) is 121 Å². The van der Waals surface area contributed by atoms with Gasteiger partial charge in [0.2, 0.25) is 0 Å². The number of hydrogen-bond acceptors (Lipinski definition) is 8. The Labute approximate surface area is 267 Å². The number of aromatic nitrogens is 3. The molecule has 4 aromatic rings. The monoisotopic (exact) mass is 654 g/mol. The van der Waals surface area contributed by atoms with Crippen LogP contribution in [0.25, 0.3) is 5.69 Å². The lowest BCUT2D eigenvalue weighted by Gasteiger charge is -2.14. The fourth-order valence-corrected chi connectivity index (χ4v) is 4.50. The number of hydrogen-bond donors (Lipinski definition) is 2. The molecule has 0 atom stereocenters. The molecular formula is C31H29F3N6O5S. The molecule has 11 nitrogen and oxygen atoms in total. The van der Waals surface area contributed by atoms with Crippen LogP contribution in [0.1, 0.15) is 17.0 Å². The van der Waals surface area contributed by atoms with Gasteiger partial charge in [0.05, 0.1) is 30.8 Å². The second-order valence-corrected chi connectivity index (χ2v) is 10.3. The second kappa shape index (κ2) is 15.7. The number of methoxy groups -OCH3 is 2. The van der Waals surface area contributed by atoms with Gasteiger partial charge in [0.1, 0.15) is 30.2 Å². The highest BCUT2D eigenvalue weighted by Gasteiger charge is 2.31. The SMILES string of the molecule is C#CCS/C(=N\C(=O)Nc1ccc(OCc2ncn(-c3ccc(OC(F)(F)F)cc3)n2)cc1OC)Nc1cc(C)ccc1COC. The molecule has 0 aliphatic carbocycles. The van der Waals surface area contributed by atoms with Crippen molar-refractivity contribution in [3.63, 3.8) is 0 Å². The third kappa shape index (κ3) is 9.91. The summed E-state index contributed by atoms with van der Waals surface area (Å²) >= 11 is 1.20. The van der Waals surface area contributed by atoms with Crippen molar-refractivity contribution in [1.82, 2.24) is 14.8 Å². The largest absolute Gasteiger partial charge is 0.573 e. The van der Waals surface area contributed by atoms with Crippen LogP contribution in [0.4, 0.5) is 29.3 Å². The Morgan fingerprint density at radius 1 is 1.02 bits per heavy atom. The van der Waals surface area contributed by atoms with Gasteiger partial charge in [-0.25, -0.2) is 14.5 Å². The van der Waals surface area contributed by atoms with Crippen LogP contribution >= 0.6 is 11.8 Å². The number of rotatable bonds is 11. The van der Waals surface area contributed by atoms with Crippen molar-refractivity contribution in [2.75, 3.05) is 30.6 Å². The first-order valence-corrected chi connectivity index (χ1v) is 14.4. The smallest absolute Gasteiger partial charge is 0.494 e. The van der Waals surface area contributed by atoms with E-state index in [1.54, 1.807) is 25.3 Å². The van der Waals surface area contributed by atoms with Crippen LogP contribution in [0.2, 0.25) is 0 Å². The van der Waals surface area contributed by atoms with Crippen molar-refractivity contribution in [3.8, 4) is 35.3 Å². The van der Waals surface area contributed by atoms with Gasteiger partial charge in [0.25, 0.3) is 0 Å². The number of terminal acetylenes is 1. The Hall–Kier alpha value is -5.20. The lowest BCUT2D eigenvalue weighted by Crippen LogP contribution is -2.17. The van der Waals surface area contributed by atoms with Gasteiger partial charge in [-0.3, -0.25) is 0 Å². The van der Waals surface area contributed by atoms with Crippen molar-refractivity contribution >= 4 is 34.3 Å². The van der Waals surface area contributed by atoms with E-state index >= 15 is 0 Å². The highest BCUT2D eigenvalue weighted by molar-refractivity contribution is 8.14. The molecule has 15 heteroatoms. The lowest BCUT2D eigenvalue weighted by atomic mass is 10.1.